The maximum atomic E-state index is 15.0. The summed E-state index contributed by atoms with van der Waals surface area (Å²) in [6, 6.07) is 8.93. The number of anilines is 2. The summed E-state index contributed by atoms with van der Waals surface area (Å²) < 4.78 is 60.6. The van der Waals surface area contributed by atoms with Crippen LogP contribution in [0.4, 0.5) is 28.9 Å². The number of amides is 1. The number of oxazole rings is 1. The van der Waals surface area contributed by atoms with E-state index in [0.717, 1.165) is 17.0 Å². The number of carbonyl (C=O) groups is 1. The van der Waals surface area contributed by atoms with Crippen molar-refractivity contribution >= 4 is 34.6 Å². The average Bonchev–Trinajstić information content (AvgIpc) is 3.39. The van der Waals surface area contributed by atoms with Crippen LogP contribution in [0.3, 0.4) is 0 Å². The van der Waals surface area contributed by atoms with Crippen LogP contribution in [-0.2, 0) is 23.8 Å². The van der Waals surface area contributed by atoms with Gasteiger partial charge in [-0.3, -0.25) is 9.69 Å². The zero-order valence-electron chi connectivity index (χ0n) is 19.3. The van der Waals surface area contributed by atoms with E-state index in [0.29, 0.717) is 36.4 Å². The maximum Gasteiger partial charge on any atom is 0.417 e. The number of hydrogen-bond donors (Lipinski definition) is 0. The molecule has 3 aromatic rings. The van der Waals surface area contributed by atoms with Gasteiger partial charge in [-0.05, 0) is 74.8 Å². The molecule has 0 N–H and O–H groups in total. The Hall–Kier alpha value is -3.78. The van der Waals surface area contributed by atoms with Gasteiger partial charge < -0.3 is 9.32 Å². The number of carbonyl (C=O) groups excluding carboxylic acids is 1. The molecule has 0 saturated carbocycles. The van der Waals surface area contributed by atoms with Gasteiger partial charge in [0.2, 0.25) is 0 Å². The van der Waals surface area contributed by atoms with Gasteiger partial charge in [0.25, 0.3) is 5.91 Å². The van der Waals surface area contributed by atoms with E-state index in [1.54, 1.807) is 26.0 Å². The van der Waals surface area contributed by atoms with Crippen molar-refractivity contribution in [3.8, 4) is 6.07 Å². The lowest BCUT2D eigenvalue weighted by Crippen LogP contribution is -2.44. The predicted molar refractivity (Wildman–Crippen MR) is 128 cm³/mol. The molecule has 1 fully saturated rings. The summed E-state index contributed by atoms with van der Waals surface area (Å²) in [4.78, 5) is 19.7. The molecular weight excluding hydrogens is 496 g/mol. The fourth-order valence-corrected chi connectivity index (χ4v) is 4.67. The van der Waals surface area contributed by atoms with Crippen molar-refractivity contribution in [1.82, 2.24) is 4.98 Å². The van der Waals surface area contributed by atoms with Crippen LogP contribution in [0.5, 0.6) is 0 Å². The topological polar surface area (TPSA) is 73.4 Å². The number of aryl methyl sites for hydroxylation is 2. The number of aromatic nitrogens is 1. The molecule has 2 heterocycles. The summed E-state index contributed by atoms with van der Waals surface area (Å²) >= 11 is 5.49. The summed E-state index contributed by atoms with van der Waals surface area (Å²) in [5.74, 6) is -0.519. The molecule has 1 aromatic heterocycles. The van der Waals surface area contributed by atoms with Gasteiger partial charge in [0.05, 0.1) is 29.1 Å². The summed E-state index contributed by atoms with van der Waals surface area (Å²) in [5.41, 5.74) is -2.43. The summed E-state index contributed by atoms with van der Waals surface area (Å²) in [6.45, 7) is 3.11. The molecule has 1 aliphatic rings. The van der Waals surface area contributed by atoms with Crippen molar-refractivity contribution in [2.45, 2.75) is 44.8 Å². The first-order chi connectivity index (χ1) is 16.9. The Morgan fingerprint density at radius 2 is 1.86 bits per heavy atom. The minimum atomic E-state index is -4.80. The number of benzene rings is 2. The Labute approximate surface area is 209 Å². The highest BCUT2D eigenvalue weighted by Gasteiger charge is 2.50. The fraction of sp³-hybridized carbons (Fsp3) is 0.280. The number of halogens is 4. The Balaban J connectivity index is 1.62. The first kappa shape index (κ1) is 25.3. The molecule has 1 aliphatic heterocycles. The number of rotatable bonds is 6. The Morgan fingerprint density at radius 3 is 2.47 bits per heavy atom. The lowest BCUT2D eigenvalue weighted by Gasteiger charge is -2.29. The number of nitrogens with zero attached hydrogens (tertiary/aromatic N) is 4. The molecule has 0 radical (unpaired) electrons. The van der Waals surface area contributed by atoms with Crippen LogP contribution in [0.25, 0.3) is 0 Å². The van der Waals surface area contributed by atoms with E-state index in [4.69, 9.17) is 21.9 Å². The smallest absolute Gasteiger partial charge is 0.417 e. The van der Waals surface area contributed by atoms with Crippen molar-refractivity contribution in [2.24, 2.45) is 0 Å². The molecule has 0 aliphatic carbocycles. The minimum Gasteiger partial charge on any atom is -0.449 e. The molecule has 2 aromatic carbocycles. The van der Waals surface area contributed by atoms with Gasteiger partial charge in [-0.25, -0.2) is 9.37 Å². The Kier molecular flexibility index (Phi) is 6.58. The van der Waals surface area contributed by atoms with Crippen molar-refractivity contribution in [2.75, 3.05) is 9.80 Å². The van der Waals surface area contributed by atoms with Crippen molar-refractivity contribution in [1.29, 1.82) is 5.26 Å². The lowest BCUT2D eigenvalue weighted by molar-refractivity contribution is -0.137. The predicted octanol–water partition coefficient (Wildman–Crippen LogP) is 5.80. The van der Waals surface area contributed by atoms with Gasteiger partial charge >= 0.3 is 6.18 Å². The number of alkyl halides is 3. The second-order valence-electron chi connectivity index (χ2n) is 8.71. The second kappa shape index (κ2) is 9.35. The van der Waals surface area contributed by atoms with Crippen LogP contribution in [0.2, 0.25) is 0 Å². The van der Waals surface area contributed by atoms with E-state index in [1.807, 2.05) is 0 Å². The van der Waals surface area contributed by atoms with E-state index in [9.17, 15) is 22.4 Å². The third-order valence-corrected chi connectivity index (χ3v) is 6.34. The molecule has 1 amide bonds. The molecule has 4 rings (SSSR count). The average molecular weight is 517 g/mol. The van der Waals surface area contributed by atoms with Crippen LogP contribution in [-0.4, -0.2) is 21.5 Å². The van der Waals surface area contributed by atoms with E-state index in [2.05, 4.69) is 4.98 Å². The monoisotopic (exact) mass is 516 g/mol. The molecule has 1 saturated heterocycles. The van der Waals surface area contributed by atoms with E-state index >= 15 is 0 Å². The molecule has 186 valence electrons. The van der Waals surface area contributed by atoms with E-state index < -0.39 is 34.6 Å². The second-order valence-corrected chi connectivity index (χ2v) is 9.08. The normalized spacial score (nSPS) is 15.5. The van der Waals surface area contributed by atoms with Crippen molar-refractivity contribution in [3.63, 3.8) is 0 Å². The summed E-state index contributed by atoms with van der Waals surface area (Å²) in [6.07, 6.45) is -0.205. The summed E-state index contributed by atoms with van der Waals surface area (Å²) in [5, 5.41) is 8.96. The van der Waals surface area contributed by atoms with Gasteiger partial charge in [-0.15, -0.1) is 0 Å². The third-order valence-electron chi connectivity index (χ3n) is 5.97. The fourth-order valence-electron chi connectivity index (χ4n) is 4.14. The first-order valence-corrected chi connectivity index (χ1v) is 11.3. The zero-order chi connectivity index (χ0) is 26.3. The minimum absolute atomic E-state index is 0.0983. The van der Waals surface area contributed by atoms with Crippen LogP contribution < -0.4 is 9.80 Å². The highest BCUT2D eigenvalue weighted by Crippen LogP contribution is 2.40. The first-order valence-electron chi connectivity index (χ1n) is 10.9. The van der Waals surface area contributed by atoms with Gasteiger partial charge in [0.15, 0.2) is 11.0 Å². The lowest BCUT2D eigenvalue weighted by atomic mass is 10.0. The van der Waals surface area contributed by atoms with E-state index in [-0.39, 0.29) is 10.8 Å². The highest BCUT2D eigenvalue weighted by atomic mass is 32.1. The molecule has 6 nitrogen and oxygen atoms in total. The molecule has 11 heteroatoms. The van der Waals surface area contributed by atoms with Gasteiger partial charge in [0.1, 0.15) is 17.6 Å². The number of nitriles is 1. The largest absolute Gasteiger partial charge is 0.449 e. The van der Waals surface area contributed by atoms with E-state index in [1.165, 1.54) is 35.6 Å². The van der Waals surface area contributed by atoms with Crippen LogP contribution >= 0.6 is 12.2 Å². The van der Waals surface area contributed by atoms with Crippen molar-refractivity contribution < 1.29 is 26.8 Å². The van der Waals surface area contributed by atoms with Crippen LogP contribution in [0.15, 0.2) is 53.3 Å². The van der Waals surface area contributed by atoms with Gasteiger partial charge in [0, 0.05) is 12.1 Å². The zero-order valence-corrected chi connectivity index (χ0v) is 20.1. The third kappa shape index (κ3) is 4.56. The molecule has 0 bridgehead atoms. The van der Waals surface area contributed by atoms with Crippen molar-refractivity contribution in [3.05, 3.63) is 77.3 Å². The summed E-state index contributed by atoms with van der Waals surface area (Å²) in [7, 11) is 0. The molecule has 0 atom stereocenters. The van der Waals surface area contributed by atoms with Gasteiger partial charge in [-0.2, -0.15) is 18.4 Å². The van der Waals surface area contributed by atoms with Crippen LogP contribution in [0.1, 0.15) is 42.8 Å². The molecular formula is C25H20F4N4O2S. The maximum absolute atomic E-state index is 15.0. The highest BCUT2D eigenvalue weighted by molar-refractivity contribution is 7.81. The quantitative estimate of drug-likeness (QED) is 0.305. The molecule has 0 spiro atoms. The standard InChI is InChI=1S/C25H20F4N4O2S/c1-24(2)22(34)32(17-8-7-16(14-30)19(12-17)25(27,28)29)23(36)33(24)18-9-6-15(20(26)13-18)4-3-5-21-31-10-11-35-21/h6-13H,3-5H2,1-2H3. The SMILES string of the molecule is CC1(C)C(=O)N(c2ccc(C#N)c(C(F)(F)F)c2)C(=S)N1c1ccc(CCCc2ncco2)c(F)c1. The Morgan fingerprint density at radius 1 is 1.14 bits per heavy atom. The molecule has 0 unspecified atom stereocenters. The Bertz CT molecular complexity index is 1360. The number of hydrogen-bond acceptors (Lipinski definition) is 5. The molecule has 36 heavy (non-hydrogen) atoms. The number of thiocarbonyl (C=S) groups is 1. The van der Waals surface area contributed by atoms with Crippen LogP contribution in [0, 0.1) is 17.1 Å². The van der Waals surface area contributed by atoms with Gasteiger partial charge in [-0.1, -0.05) is 6.07 Å².